The fraction of sp³-hybridized carbons (Fsp3) is 0.364. The molecule has 1 atom stereocenters. The van der Waals surface area contributed by atoms with Gasteiger partial charge in [-0.3, -0.25) is 4.40 Å². The van der Waals surface area contributed by atoms with Crippen LogP contribution in [0.15, 0.2) is 18.3 Å². The molecule has 0 aliphatic heterocycles. The number of imidazole rings is 1. The van der Waals surface area contributed by atoms with Gasteiger partial charge in [-0.15, -0.1) is 0 Å². The maximum Gasteiger partial charge on any atom is 0.140 e. The third-order valence-corrected chi connectivity index (χ3v) is 2.53. The number of nitrogens with two attached hydrogens (primary N) is 1. The summed E-state index contributed by atoms with van der Waals surface area (Å²) in [5.74, 6) is 0.231. The van der Waals surface area contributed by atoms with Crippen molar-refractivity contribution in [2.75, 3.05) is 19.5 Å². The predicted octanol–water partition coefficient (Wildman–Crippen LogP) is 1.81. The van der Waals surface area contributed by atoms with Crippen molar-refractivity contribution in [1.29, 1.82) is 0 Å². The van der Waals surface area contributed by atoms with Crippen molar-refractivity contribution in [2.45, 2.75) is 12.8 Å². The first-order chi connectivity index (χ1) is 7.63. The van der Waals surface area contributed by atoms with E-state index in [-0.39, 0.29) is 11.7 Å². The van der Waals surface area contributed by atoms with E-state index in [0.29, 0.717) is 18.1 Å². The van der Waals surface area contributed by atoms with Crippen LogP contribution in [0.4, 0.5) is 10.2 Å². The molecule has 0 saturated heterocycles. The van der Waals surface area contributed by atoms with Crippen LogP contribution in [0.2, 0.25) is 0 Å². The zero-order valence-corrected chi connectivity index (χ0v) is 9.27. The van der Waals surface area contributed by atoms with Gasteiger partial charge in [-0.05, 0) is 12.1 Å². The summed E-state index contributed by atoms with van der Waals surface area (Å²) in [6.45, 7) is 2.51. The number of hydrogen-bond donors (Lipinski definition) is 1. The number of ether oxygens (including phenoxy) is 1. The van der Waals surface area contributed by atoms with E-state index in [0.717, 1.165) is 5.69 Å². The van der Waals surface area contributed by atoms with Crippen molar-refractivity contribution in [3.05, 3.63) is 29.8 Å². The summed E-state index contributed by atoms with van der Waals surface area (Å²) < 4.78 is 19.7. The second-order valence-corrected chi connectivity index (χ2v) is 3.81. The minimum absolute atomic E-state index is 0.0907. The third-order valence-electron chi connectivity index (χ3n) is 2.53. The number of hydrogen-bond acceptors (Lipinski definition) is 3. The Morgan fingerprint density at radius 2 is 2.31 bits per heavy atom. The number of aromatic nitrogens is 2. The number of nitrogen functional groups attached to an aromatic ring is 1. The highest BCUT2D eigenvalue weighted by Crippen LogP contribution is 2.23. The molecule has 0 amide bonds. The Morgan fingerprint density at radius 1 is 1.56 bits per heavy atom. The van der Waals surface area contributed by atoms with Gasteiger partial charge in [0.2, 0.25) is 0 Å². The maximum absolute atomic E-state index is 13.0. The molecule has 4 nitrogen and oxygen atoms in total. The van der Waals surface area contributed by atoms with Crippen molar-refractivity contribution >= 4 is 11.5 Å². The first kappa shape index (κ1) is 10.9. The molecule has 0 radical (unpaired) electrons. The van der Waals surface area contributed by atoms with E-state index in [1.165, 1.54) is 12.3 Å². The third kappa shape index (κ3) is 1.74. The maximum atomic E-state index is 13.0. The lowest BCUT2D eigenvalue weighted by Gasteiger charge is -2.07. The van der Waals surface area contributed by atoms with E-state index in [4.69, 9.17) is 10.5 Å². The van der Waals surface area contributed by atoms with Gasteiger partial charge in [-0.1, -0.05) is 6.92 Å². The highest BCUT2D eigenvalue weighted by atomic mass is 19.1. The Balaban J connectivity index is 2.51. The average Bonchev–Trinajstić information content (AvgIpc) is 2.57. The standard InChI is InChI=1S/C11H14FN3O/c1-7(6-16-2)10-11(13)15-5-8(12)3-4-9(15)14-10/h3-5,7H,6,13H2,1-2H3. The van der Waals surface area contributed by atoms with E-state index >= 15 is 0 Å². The van der Waals surface area contributed by atoms with Gasteiger partial charge in [0.1, 0.15) is 17.3 Å². The van der Waals surface area contributed by atoms with Gasteiger partial charge >= 0.3 is 0 Å². The Morgan fingerprint density at radius 3 is 3.00 bits per heavy atom. The minimum atomic E-state index is -0.331. The summed E-state index contributed by atoms with van der Waals surface area (Å²) in [5.41, 5.74) is 7.31. The molecule has 0 aromatic carbocycles. The number of pyridine rings is 1. The van der Waals surface area contributed by atoms with Crippen molar-refractivity contribution in [2.24, 2.45) is 0 Å². The van der Waals surface area contributed by atoms with Crippen LogP contribution in [0.1, 0.15) is 18.5 Å². The molecule has 2 heterocycles. The lowest BCUT2D eigenvalue weighted by Crippen LogP contribution is -2.05. The molecule has 16 heavy (non-hydrogen) atoms. The molecule has 0 saturated carbocycles. The minimum Gasteiger partial charge on any atom is -0.384 e. The van der Waals surface area contributed by atoms with Gasteiger partial charge in [0, 0.05) is 19.2 Å². The first-order valence-corrected chi connectivity index (χ1v) is 5.05. The molecule has 0 fully saturated rings. The SMILES string of the molecule is COCC(C)c1nc2ccc(F)cn2c1N. The molecule has 5 heteroatoms. The molecular weight excluding hydrogens is 209 g/mol. The van der Waals surface area contributed by atoms with E-state index < -0.39 is 0 Å². The zero-order chi connectivity index (χ0) is 11.7. The lowest BCUT2D eigenvalue weighted by atomic mass is 10.1. The quantitative estimate of drug-likeness (QED) is 0.863. The van der Waals surface area contributed by atoms with Crippen molar-refractivity contribution < 1.29 is 9.13 Å². The van der Waals surface area contributed by atoms with Crippen LogP contribution in [0.3, 0.4) is 0 Å². The van der Waals surface area contributed by atoms with Crippen LogP contribution in [0, 0.1) is 5.82 Å². The molecule has 0 aliphatic rings. The molecule has 0 aliphatic carbocycles. The van der Waals surface area contributed by atoms with Gasteiger partial charge in [0.05, 0.1) is 12.3 Å². The van der Waals surface area contributed by atoms with E-state index in [9.17, 15) is 4.39 Å². The van der Waals surface area contributed by atoms with Gasteiger partial charge in [-0.2, -0.15) is 0 Å². The largest absolute Gasteiger partial charge is 0.384 e. The summed E-state index contributed by atoms with van der Waals surface area (Å²) >= 11 is 0. The average molecular weight is 223 g/mol. The smallest absolute Gasteiger partial charge is 0.140 e. The number of methoxy groups -OCH3 is 1. The van der Waals surface area contributed by atoms with Crippen molar-refractivity contribution in [3.8, 4) is 0 Å². The summed E-state index contributed by atoms with van der Waals surface area (Å²) in [4.78, 5) is 4.36. The Bertz CT molecular complexity index is 509. The zero-order valence-electron chi connectivity index (χ0n) is 9.27. The topological polar surface area (TPSA) is 52.5 Å². The normalized spacial score (nSPS) is 13.2. The van der Waals surface area contributed by atoms with E-state index in [1.807, 2.05) is 6.92 Å². The highest BCUT2D eigenvalue weighted by molar-refractivity contribution is 5.53. The summed E-state index contributed by atoms with van der Waals surface area (Å²) in [7, 11) is 1.63. The highest BCUT2D eigenvalue weighted by Gasteiger charge is 2.15. The molecule has 0 bridgehead atoms. The Labute approximate surface area is 92.8 Å². The second-order valence-electron chi connectivity index (χ2n) is 3.81. The molecule has 2 rings (SSSR count). The summed E-state index contributed by atoms with van der Waals surface area (Å²) in [6, 6.07) is 2.97. The molecule has 2 aromatic heterocycles. The number of nitrogens with zero attached hydrogens (tertiary/aromatic N) is 2. The van der Waals surface area contributed by atoms with Gasteiger partial charge in [-0.25, -0.2) is 9.37 Å². The molecule has 2 aromatic rings. The van der Waals surface area contributed by atoms with Crippen LogP contribution in [-0.4, -0.2) is 23.1 Å². The summed E-state index contributed by atoms with van der Waals surface area (Å²) in [6.07, 6.45) is 1.33. The number of rotatable bonds is 3. The first-order valence-electron chi connectivity index (χ1n) is 5.05. The van der Waals surface area contributed by atoms with Crippen LogP contribution >= 0.6 is 0 Å². The molecule has 0 spiro atoms. The number of anilines is 1. The summed E-state index contributed by atoms with van der Waals surface area (Å²) in [5, 5.41) is 0. The lowest BCUT2D eigenvalue weighted by molar-refractivity contribution is 0.183. The predicted molar refractivity (Wildman–Crippen MR) is 59.9 cm³/mol. The fourth-order valence-electron chi connectivity index (χ4n) is 1.75. The van der Waals surface area contributed by atoms with Gasteiger partial charge in [0.15, 0.2) is 0 Å². The fourth-order valence-corrected chi connectivity index (χ4v) is 1.75. The number of halogens is 1. The second kappa shape index (κ2) is 4.09. The van der Waals surface area contributed by atoms with E-state index in [2.05, 4.69) is 4.98 Å². The van der Waals surface area contributed by atoms with Crippen LogP contribution in [0.25, 0.3) is 5.65 Å². The van der Waals surface area contributed by atoms with Crippen LogP contribution in [0.5, 0.6) is 0 Å². The monoisotopic (exact) mass is 223 g/mol. The van der Waals surface area contributed by atoms with E-state index in [1.54, 1.807) is 17.6 Å². The number of fused-ring (bicyclic) bond motifs is 1. The molecule has 2 N–H and O–H groups in total. The van der Waals surface area contributed by atoms with Gasteiger partial charge in [0.25, 0.3) is 0 Å². The van der Waals surface area contributed by atoms with Crippen LogP contribution in [-0.2, 0) is 4.74 Å². The van der Waals surface area contributed by atoms with Crippen molar-refractivity contribution in [1.82, 2.24) is 9.38 Å². The van der Waals surface area contributed by atoms with Gasteiger partial charge < -0.3 is 10.5 Å². The molecule has 86 valence electrons. The Hall–Kier alpha value is -1.62. The molecule has 1 unspecified atom stereocenters. The van der Waals surface area contributed by atoms with Crippen molar-refractivity contribution in [3.63, 3.8) is 0 Å². The Kier molecular flexibility index (Phi) is 2.78. The molecular formula is C11H14FN3O. The van der Waals surface area contributed by atoms with Crippen LogP contribution < -0.4 is 5.73 Å².